The van der Waals surface area contributed by atoms with E-state index in [-0.39, 0.29) is 25.4 Å². The Labute approximate surface area is 184 Å². The highest BCUT2D eigenvalue weighted by molar-refractivity contribution is 7.88. The highest BCUT2D eigenvalue weighted by atomic mass is 32.2. The van der Waals surface area contributed by atoms with Crippen LogP contribution in [-0.2, 0) is 21.4 Å². The lowest BCUT2D eigenvalue weighted by atomic mass is 9.88. The number of carbonyl (C=O) groups excluding carboxylic acids is 1. The highest BCUT2D eigenvalue weighted by Crippen LogP contribution is 2.24. The number of piperidine rings is 1. The molecule has 0 radical (unpaired) electrons. The fourth-order valence-electron chi connectivity index (χ4n) is 3.97. The van der Waals surface area contributed by atoms with Crippen molar-refractivity contribution in [2.24, 2.45) is 0 Å². The number of amides is 1. The van der Waals surface area contributed by atoms with Crippen molar-refractivity contribution >= 4 is 15.9 Å². The van der Waals surface area contributed by atoms with Crippen molar-refractivity contribution in [2.75, 3.05) is 45.6 Å². The molecule has 10 heteroatoms. The molecule has 1 aromatic carbocycles. The van der Waals surface area contributed by atoms with E-state index in [1.165, 1.54) is 0 Å². The van der Waals surface area contributed by atoms with Crippen molar-refractivity contribution in [3.05, 3.63) is 29.8 Å². The standard InChI is InChI=1S/C21H33N3O6S/c1-31(28,29)22-16-21(27)9-12-23(15-19(21)25)14-17-5-7-18(8-6-17)30-13-3-11-24-10-2-4-20(24)26/h5-8,19,22,25,27H,2-4,9-16H2,1H3/t19-,21-/m1/s1. The number of ether oxygens (including phenoxy) is 1. The molecule has 2 fully saturated rings. The molecule has 2 aliphatic rings. The Balaban J connectivity index is 1.40. The lowest BCUT2D eigenvalue weighted by Crippen LogP contribution is -2.59. The maximum absolute atomic E-state index is 11.6. The molecule has 1 amide bonds. The number of nitrogens with zero attached hydrogens (tertiary/aromatic N) is 2. The van der Waals surface area contributed by atoms with Crippen LogP contribution >= 0.6 is 0 Å². The summed E-state index contributed by atoms with van der Waals surface area (Å²) in [6.07, 6.45) is 2.67. The van der Waals surface area contributed by atoms with Crippen LogP contribution in [0.25, 0.3) is 0 Å². The summed E-state index contributed by atoms with van der Waals surface area (Å²) in [6, 6.07) is 7.75. The van der Waals surface area contributed by atoms with Crippen molar-refractivity contribution < 1.29 is 28.2 Å². The molecule has 0 aliphatic carbocycles. The second-order valence-electron chi connectivity index (χ2n) is 8.53. The molecule has 31 heavy (non-hydrogen) atoms. The van der Waals surface area contributed by atoms with Gasteiger partial charge in [0.05, 0.1) is 19.0 Å². The SMILES string of the molecule is CS(=O)(=O)NC[C@]1(O)CCN(Cc2ccc(OCCCN3CCCC3=O)cc2)C[C@H]1O. The number of aliphatic hydroxyl groups is 2. The molecule has 2 saturated heterocycles. The lowest BCUT2D eigenvalue weighted by Gasteiger charge is -2.42. The second-order valence-corrected chi connectivity index (χ2v) is 10.4. The topological polar surface area (TPSA) is 119 Å². The van der Waals surface area contributed by atoms with E-state index in [2.05, 4.69) is 4.72 Å². The average molecular weight is 456 g/mol. The van der Waals surface area contributed by atoms with Crippen molar-refractivity contribution in [1.82, 2.24) is 14.5 Å². The van der Waals surface area contributed by atoms with Gasteiger partial charge in [-0.25, -0.2) is 13.1 Å². The molecule has 2 atom stereocenters. The lowest BCUT2D eigenvalue weighted by molar-refractivity contribution is -0.127. The van der Waals surface area contributed by atoms with Gasteiger partial charge < -0.3 is 19.8 Å². The van der Waals surface area contributed by atoms with Gasteiger partial charge in [0, 0.05) is 45.7 Å². The van der Waals surface area contributed by atoms with Crippen molar-refractivity contribution in [2.45, 2.75) is 43.9 Å². The predicted molar refractivity (Wildman–Crippen MR) is 116 cm³/mol. The number of nitrogens with one attached hydrogen (secondary N) is 1. The molecule has 3 rings (SSSR count). The summed E-state index contributed by atoms with van der Waals surface area (Å²) in [4.78, 5) is 15.5. The molecule has 174 valence electrons. The van der Waals surface area contributed by atoms with E-state index in [1.54, 1.807) is 0 Å². The Bertz CT molecular complexity index is 847. The van der Waals surface area contributed by atoms with Crippen LogP contribution in [0.1, 0.15) is 31.2 Å². The summed E-state index contributed by atoms with van der Waals surface area (Å²) < 4.78 is 30.6. The van der Waals surface area contributed by atoms with E-state index in [9.17, 15) is 23.4 Å². The summed E-state index contributed by atoms with van der Waals surface area (Å²) in [5.74, 6) is 1.01. The molecule has 2 heterocycles. The minimum absolute atomic E-state index is 0.196. The van der Waals surface area contributed by atoms with Crippen molar-refractivity contribution in [3.8, 4) is 5.75 Å². The van der Waals surface area contributed by atoms with Gasteiger partial charge in [-0.1, -0.05) is 12.1 Å². The van der Waals surface area contributed by atoms with E-state index >= 15 is 0 Å². The highest BCUT2D eigenvalue weighted by Gasteiger charge is 2.40. The molecule has 0 saturated carbocycles. The van der Waals surface area contributed by atoms with Crippen LogP contribution in [0, 0.1) is 0 Å². The first-order valence-electron chi connectivity index (χ1n) is 10.7. The quantitative estimate of drug-likeness (QED) is 0.422. The van der Waals surface area contributed by atoms with Gasteiger partial charge in [0.15, 0.2) is 0 Å². The maximum Gasteiger partial charge on any atom is 0.222 e. The molecule has 3 N–H and O–H groups in total. The molecule has 9 nitrogen and oxygen atoms in total. The fourth-order valence-corrected chi connectivity index (χ4v) is 4.48. The summed E-state index contributed by atoms with van der Waals surface area (Å²) >= 11 is 0. The van der Waals surface area contributed by atoms with E-state index in [0.29, 0.717) is 26.1 Å². The molecule has 0 aromatic heterocycles. The Hall–Kier alpha value is -1.72. The Morgan fingerprint density at radius 2 is 2.00 bits per heavy atom. The van der Waals surface area contributed by atoms with Crippen molar-refractivity contribution in [1.29, 1.82) is 0 Å². The number of benzene rings is 1. The van der Waals surface area contributed by atoms with E-state index in [1.807, 2.05) is 34.1 Å². The van der Waals surface area contributed by atoms with Gasteiger partial charge in [-0.15, -0.1) is 0 Å². The van der Waals surface area contributed by atoms with E-state index in [0.717, 1.165) is 43.5 Å². The summed E-state index contributed by atoms with van der Waals surface area (Å²) in [7, 11) is -3.43. The molecule has 2 aliphatic heterocycles. The Morgan fingerprint density at radius 1 is 1.26 bits per heavy atom. The van der Waals surface area contributed by atoms with Crippen LogP contribution in [0.4, 0.5) is 0 Å². The zero-order chi connectivity index (χ0) is 22.5. The molecular formula is C21H33N3O6S. The smallest absolute Gasteiger partial charge is 0.222 e. The number of β-amino-alcohol motifs (C(OH)–C–C–N with tert-alkyl or cyclic N) is 1. The third-order valence-corrected chi connectivity index (χ3v) is 6.56. The van der Waals surface area contributed by atoms with Gasteiger partial charge in [0.25, 0.3) is 0 Å². The first kappa shape index (κ1) is 23.9. The first-order chi connectivity index (χ1) is 14.6. The number of aliphatic hydroxyl groups excluding tert-OH is 1. The Kier molecular flexibility index (Phi) is 7.92. The largest absolute Gasteiger partial charge is 0.494 e. The van der Waals surface area contributed by atoms with Crippen LogP contribution < -0.4 is 9.46 Å². The average Bonchev–Trinajstić information content (AvgIpc) is 3.12. The van der Waals surface area contributed by atoms with Crippen LogP contribution in [-0.4, -0.2) is 91.6 Å². The van der Waals surface area contributed by atoms with Crippen LogP contribution in [0.15, 0.2) is 24.3 Å². The molecule has 0 bridgehead atoms. The number of hydrogen-bond donors (Lipinski definition) is 3. The van der Waals surface area contributed by atoms with Gasteiger partial charge in [-0.05, 0) is 37.0 Å². The number of sulfonamides is 1. The van der Waals surface area contributed by atoms with Gasteiger partial charge in [0.2, 0.25) is 15.9 Å². The molecule has 0 unspecified atom stereocenters. The minimum atomic E-state index is -3.43. The summed E-state index contributed by atoms with van der Waals surface area (Å²) in [5, 5.41) is 20.9. The Morgan fingerprint density at radius 3 is 2.61 bits per heavy atom. The molecule has 0 spiro atoms. The van der Waals surface area contributed by atoms with Crippen LogP contribution in [0.3, 0.4) is 0 Å². The summed E-state index contributed by atoms with van der Waals surface area (Å²) in [5.41, 5.74) is -0.404. The van der Waals surface area contributed by atoms with Gasteiger partial charge in [-0.2, -0.15) is 0 Å². The monoisotopic (exact) mass is 455 g/mol. The van der Waals surface area contributed by atoms with Crippen molar-refractivity contribution in [3.63, 3.8) is 0 Å². The first-order valence-corrected chi connectivity index (χ1v) is 12.6. The zero-order valence-electron chi connectivity index (χ0n) is 18.0. The third kappa shape index (κ3) is 7.15. The van der Waals surface area contributed by atoms with Crippen LogP contribution in [0.5, 0.6) is 5.75 Å². The second kappa shape index (κ2) is 10.3. The van der Waals surface area contributed by atoms with Gasteiger partial charge >= 0.3 is 0 Å². The van der Waals surface area contributed by atoms with E-state index in [4.69, 9.17) is 4.74 Å². The van der Waals surface area contributed by atoms with Gasteiger partial charge in [-0.3, -0.25) is 9.69 Å². The summed E-state index contributed by atoms with van der Waals surface area (Å²) in [6.45, 7) is 3.37. The molecular weight excluding hydrogens is 422 g/mol. The fraction of sp³-hybridized carbons (Fsp3) is 0.667. The molecule has 1 aromatic rings. The van der Waals surface area contributed by atoms with Crippen LogP contribution in [0.2, 0.25) is 0 Å². The third-order valence-electron chi connectivity index (χ3n) is 5.89. The zero-order valence-corrected chi connectivity index (χ0v) is 18.8. The van der Waals surface area contributed by atoms with E-state index < -0.39 is 21.7 Å². The number of carbonyl (C=O) groups is 1. The normalized spacial score (nSPS) is 25.2. The predicted octanol–water partition coefficient (Wildman–Crippen LogP) is -0.0752. The van der Waals surface area contributed by atoms with Gasteiger partial charge in [0.1, 0.15) is 11.4 Å². The minimum Gasteiger partial charge on any atom is -0.494 e. The maximum atomic E-state index is 11.6. The number of hydrogen-bond acceptors (Lipinski definition) is 7. The number of rotatable bonds is 10. The number of likely N-dealkylation sites (tertiary alicyclic amines) is 2.